The van der Waals surface area contributed by atoms with Crippen molar-refractivity contribution in [3.8, 4) is 5.75 Å². The van der Waals surface area contributed by atoms with Crippen LogP contribution in [0.2, 0.25) is 5.02 Å². The van der Waals surface area contributed by atoms with E-state index in [1.807, 2.05) is 12.1 Å². The van der Waals surface area contributed by atoms with E-state index in [9.17, 15) is 8.76 Å². The molecule has 0 amide bonds. The summed E-state index contributed by atoms with van der Waals surface area (Å²) in [5, 5.41) is 6.65. The number of para-hydroxylation sites is 2. The molecule has 1 unspecified atom stereocenters. The standard InChI is InChI=1S/C28H37ClN8O3S/c1-34-14-16-37(17-15-34)20-10-12-36(13-11-20)21-8-9-24(26(18-21)40-3)32-28-30-19-22(29)27(33-28)31-23-6-4-5-7-25(23)35(2)41(38)39/h4-9,18-20H,10-17H2,1-3H3,(H,38,39)(H2,30,31,32,33)/p-1. The number of methoxy groups -OCH3 is 1. The number of benzene rings is 2. The summed E-state index contributed by atoms with van der Waals surface area (Å²) in [5.74, 6) is 1.33. The first kappa shape index (κ1) is 29.3. The molecule has 41 heavy (non-hydrogen) atoms. The van der Waals surface area contributed by atoms with E-state index < -0.39 is 11.3 Å². The van der Waals surface area contributed by atoms with E-state index in [-0.39, 0.29) is 0 Å². The lowest BCUT2D eigenvalue weighted by Crippen LogP contribution is -2.52. The molecular formula is C28H36ClN8O3S-. The van der Waals surface area contributed by atoms with Gasteiger partial charge in [0.2, 0.25) is 5.95 Å². The van der Waals surface area contributed by atoms with Crippen LogP contribution in [-0.4, -0.2) is 95.0 Å². The highest BCUT2D eigenvalue weighted by Gasteiger charge is 2.27. The molecule has 0 saturated carbocycles. The summed E-state index contributed by atoms with van der Waals surface area (Å²) in [6.07, 6.45) is 3.80. The third-order valence-corrected chi connectivity index (χ3v) is 8.70. The molecule has 3 aromatic rings. The van der Waals surface area contributed by atoms with Crippen LogP contribution in [0.4, 0.5) is 34.5 Å². The van der Waals surface area contributed by atoms with Gasteiger partial charge in [0.05, 0.1) is 30.4 Å². The minimum Gasteiger partial charge on any atom is -0.755 e. The van der Waals surface area contributed by atoms with Crippen LogP contribution < -0.4 is 24.6 Å². The number of piperidine rings is 1. The third-order valence-electron chi connectivity index (χ3n) is 7.78. The van der Waals surface area contributed by atoms with E-state index in [1.165, 1.54) is 13.2 Å². The number of nitrogens with zero attached hydrogens (tertiary/aromatic N) is 6. The molecule has 2 saturated heterocycles. The fraction of sp³-hybridized carbons (Fsp3) is 0.429. The Morgan fingerprint density at radius 1 is 1.05 bits per heavy atom. The van der Waals surface area contributed by atoms with Crippen LogP contribution in [0.5, 0.6) is 5.75 Å². The summed E-state index contributed by atoms with van der Waals surface area (Å²) in [6, 6.07) is 13.7. The minimum atomic E-state index is -2.43. The highest BCUT2D eigenvalue weighted by atomic mass is 35.5. The lowest BCUT2D eigenvalue weighted by Gasteiger charge is -2.42. The number of anilines is 6. The molecule has 0 spiro atoms. The second kappa shape index (κ2) is 13.2. The highest BCUT2D eigenvalue weighted by molar-refractivity contribution is 7.80. The van der Waals surface area contributed by atoms with Crippen LogP contribution in [-0.2, 0) is 11.3 Å². The average Bonchev–Trinajstić information content (AvgIpc) is 2.99. The molecule has 2 N–H and O–H groups in total. The third kappa shape index (κ3) is 7.02. The number of ether oxygens (including phenoxy) is 1. The summed E-state index contributed by atoms with van der Waals surface area (Å²) in [5.41, 5.74) is 2.83. The number of nitrogens with one attached hydrogen (secondary N) is 2. The van der Waals surface area contributed by atoms with Gasteiger partial charge in [0.1, 0.15) is 10.8 Å². The SMILES string of the molecule is COc1cc(N2CCC(N3CCN(C)CC3)CC2)ccc1Nc1ncc(Cl)c(Nc2ccccc2N(C)S(=O)[O-])n1. The zero-order valence-corrected chi connectivity index (χ0v) is 25.1. The normalized spacial score (nSPS) is 17.7. The Morgan fingerprint density at radius 3 is 2.49 bits per heavy atom. The molecular weight excluding hydrogens is 564 g/mol. The zero-order chi connectivity index (χ0) is 28.9. The number of halogens is 1. The summed E-state index contributed by atoms with van der Waals surface area (Å²) >= 11 is 3.96. The van der Waals surface area contributed by atoms with Gasteiger partial charge in [-0.25, -0.2) is 4.98 Å². The fourth-order valence-electron chi connectivity index (χ4n) is 5.35. The molecule has 2 fully saturated rings. The maximum atomic E-state index is 11.5. The molecule has 1 atom stereocenters. The van der Waals surface area contributed by atoms with E-state index in [2.05, 4.69) is 48.4 Å². The smallest absolute Gasteiger partial charge is 0.229 e. The molecule has 5 rings (SSSR count). The fourth-order valence-corrected chi connectivity index (χ4v) is 5.81. The maximum Gasteiger partial charge on any atom is 0.229 e. The van der Waals surface area contributed by atoms with E-state index >= 15 is 0 Å². The molecule has 0 radical (unpaired) electrons. The Bertz CT molecular complexity index is 1370. The van der Waals surface area contributed by atoms with Crippen molar-refractivity contribution in [3.05, 3.63) is 53.7 Å². The van der Waals surface area contributed by atoms with E-state index in [0.29, 0.717) is 40.0 Å². The van der Waals surface area contributed by atoms with Crippen molar-refractivity contribution in [1.29, 1.82) is 0 Å². The van der Waals surface area contributed by atoms with Crippen LogP contribution in [0.3, 0.4) is 0 Å². The molecule has 3 heterocycles. The van der Waals surface area contributed by atoms with Crippen LogP contribution in [0, 0.1) is 0 Å². The van der Waals surface area contributed by atoms with Crippen LogP contribution >= 0.6 is 11.6 Å². The van der Waals surface area contributed by atoms with Gasteiger partial charge in [-0.05, 0) is 44.2 Å². The number of rotatable bonds is 9. The highest BCUT2D eigenvalue weighted by Crippen LogP contribution is 2.35. The minimum absolute atomic E-state index is 0.290. The van der Waals surface area contributed by atoms with Crippen molar-refractivity contribution < 1.29 is 13.5 Å². The Hall–Kier alpha value is -3.16. The van der Waals surface area contributed by atoms with E-state index in [4.69, 9.17) is 16.3 Å². The second-order valence-corrected chi connectivity index (χ2v) is 11.7. The van der Waals surface area contributed by atoms with Gasteiger partial charge in [0, 0.05) is 75.4 Å². The molecule has 1 aromatic heterocycles. The molecule has 13 heteroatoms. The topological polar surface area (TPSA) is 112 Å². The van der Waals surface area contributed by atoms with Crippen LogP contribution in [0.1, 0.15) is 12.8 Å². The van der Waals surface area contributed by atoms with Crippen molar-refractivity contribution in [2.24, 2.45) is 0 Å². The Morgan fingerprint density at radius 2 is 1.78 bits per heavy atom. The maximum absolute atomic E-state index is 11.5. The lowest BCUT2D eigenvalue weighted by atomic mass is 10.0. The molecule has 2 aromatic carbocycles. The monoisotopic (exact) mass is 599 g/mol. The Balaban J connectivity index is 1.27. The van der Waals surface area contributed by atoms with Gasteiger partial charge in [0.25, 0.3) is 0 Å². The van der Waals surface area contributed by atoms with Gasteiger partial charge >= 0.3 is 0 Å². The van der Waals surface area contributed by atoms with Crippen molar-refractivity contribution in [2.75, 3.05) is 80.3 Å². The molecule has 220 valence electrons. The van der Waals surface area contributed by atoms with Gasteiger partial charge in [-0.2, -0.15) is 4.98 Å². The summed E-state index contributed by atoms with van der Waals surface area (Å²) in [6.45, 7) is 6.63. The molecule has 0 bridgehead atoms. The van der Waals surface area contributed by atoms with Crippen LogP contribution in [0.15, 0.2) is 48.7 Å². The first-order valence-electron chi connectivity index (χ1n) is 13.7. The van der Waals surface area contributed by atoms with Crippen molar-refractivity contribution in [3.63, 3.8) is 0 Å². The first-order valence-corrected chi connectivity index (χ1v) is 15.1. The average molecular weight is 600 g/mol. The van der Waals surface area contributed by atoms with Crippen molar-refractivity contribution >= 4 is 57.4 Å². The van der Waals surface area contributed by atoms with Gasteiger partial charge in [0.15, 0.2) is 5.82 Å². The summed E-state index contributed by atoms with van der Waals surface area (Å²) in [4.78, 5) is 16.3. The quantitative estimate of drug-likeness (QED) is 0.349. The van der Waals surface area contributed by atoms with Crippen molar-refractivity contribution in [2.45, 2.75) is 18.9 Å². The van der Waals surface area contributed by atoms with E-state index in [1.54, 1.807) is 31.4 Å². The Labute approximate surface area is 248 Å². The summed E-state index contributed by atoms with van der Waals surface area (Å²) in [7, 11) is 5.31. The van der Waals surface area contributed by atoms with Gasteiger partial charge in [-0.1, -0.05) is 23.7 Å². The molecule has 2 aliphatic heterocycles. The zero-order valence-electron chi connectivity index (χ0n) is 23.5. The number of likely N-dealkylation sites (N-methyl/N-ethyl adjacent to an activating group) is 1. The van der Waals surface area contributed by atoms with Crippen molar-refractivity contribution in [1.82, 2.24) is 19.8 Å². The molecule has 11 nitrogen and oxygen atoms in total. The predicted octanol–water partition coefficient (Wildman–Crippen LogP) is 4.07. The molecule has 2 aliphatic rings. The van der Waals surface area contributed by atoms with Gasteiger partial charge < -0.3 is 34.0 Å². The number of hydrogen-bond acceptors (Lipinski definition) is 10. The van der Waals surface area contributed by atoms with Gasteiger partial charge in [-0.3, -0.25) is 9.11 Å². The van der Waals surface area contributed by atoms with Gasteiger partial charge in [-0.15, -0.1) is 0 Å². The number of piperazine rings is 1. The first-order chi connectivity index (χ1) is 19.8. The largest absolute Gasteiger partial charge is 0.755 e. The number of hydrogen-bond donors (Lipinski definition) is 2. The van der Waals surface area contributed by atoms with E-state index in [0.717, 1.165) is 67.8 Å². The number of aromatic nitrogens is 2. The molecule has 0 aliphatic carbocycles. The predicted molar refractivity (Wildman–Crippen MR) is 165 cm³/mol. The Kier molecular flexibility index (Phi) is 9.46. The second-order valence-electron chi connectivity index (χ2n) is 10.3. The van der Waals surface area contributed by atoms with Crippen LogP contribution in [0.25, 0.3) is 0 Å². The lowest BCUT2D eigenvalue weighted by molar-refractivity contribution is 0.0982. The summed E-state index contributed by atoms with van der Waals surface area (Å²) < 4.78 is 29.9.